The first kappa shape index (κ1) is 7.40. The van der Waals surface area contributed by atoms with Crippen LogP contribution in [0.3, 0.4) is 0 Å². The van der Waals surface area contributed by atoms with E-state index in [1.807, 2.05) is 0 Å². The van der Waals surface area contributed by atoms with Gasteiger partial charge in [-0.15, -0.1) is 0 Å². The molecule has 0 aliphatic rings. The van der Waals surface area contributed by atoms with Crippen molar-refractivity contribution < 1.29 is 0 Å². The third kappa shape index (κ3) is 2.17. The lowest BCUT2D eigenvalue weighted by molar-refractivity contribution is 1.07. The second-order valence-electron chi connectivity index (χ2n) is 1.77. The molecule has 0 radical (unpaired) electrons. The van der Waals surface area contributed by atoms with Crippen LogP contribution in [0.2, 0.25) is 0 Å². The highest BCUT2D eigenvalue weighted by Crippen LogP contribution is 1.98. The van der Waals surface area contributed by atoms with Gasteiger partial charge >= 0.3 is 5.69 Å². The highest BCUT2D eigenvalue weighted by atomic mass is 16.1. The predicted octanol–water partition coefficient (Wildman–Crippen LogP) is 0.658. The molecular weight excluding hydrogens is 142 g/mol. The molecule has 1 aromatic rings. The van der Waals surface area contributed by atoms with Crippen LogP contribution in [0, 0.1) is 0 Å². The summed E-state index contributed by atoms with van der Waals surface area (Å²) < 4.78 is 0. The Bertz CT molecular complexity index is 326. The van der Waals surface area contributed by atoms with Gasteiger partial charge in [-0.25, -0.2) is 9.79 Å². The SMILES string of the molecule is C=CC=Nc1cc[nH]c(=O)n1. The van der Waals surface area contributed by atoms with Crippen LogP contribution in [-0.2, 0) is 0 Å². The van der Waals surface area contributed by atoms with Crippen molar-refractivity contribution in [2.75, 3.05) is 0 Å². The molecule has 0 fully saturated rings. The highest BCUT2D eigenvalue weighted by molar-refractivity contribution is 5.72. The first-order chi connectivity index (χ1) is 5.33. The van der Waals surface area contributed by atoms with Crippen LogP contribution in [0.25, 0.3) is 0 Å². The molecule has 0 amide bonds. The van der Waals surface area contributed by atoms with Gasteiger partial charge in [0.05, 0.1) is 0 Å². The summed E-state index contributed by atoms with van der Waals surface area (Å²) in [5.74, 6) is 0.383. The number of nitrogens with one attached hydrogen (secondary N) is 1. The number of hydrogen-bond acceptors (Lipinski definition) is 3. The minimum atomic E-state index is -0.399. The Balaban J connectivity index is 2.96. The van der Waals surface area contributed by atoms with Crippen LogP contribution in [0.4, 0.5) is 5.82 Å². The van der Waals surface area contributed by atoms with E-state index in [-0.39, 0.29) is 0 Å². The molecular formula is C7H7N3O. The number of hydrogen-bond donors (Lipinski definition) is 1. The summed E-state index contributed by atoms with van der Waals surface area (Å²) in [7, 11) is 0. The van der Waals surface area contributed by atoms with Crippen molar-refractivity contribution >= 4 is 12.0 Å². The molecule has 1 N–H and O–H groups in total. The Morgan fingerprint density at radius 1 is 1.73 bits per heavy atom. The largest absolute Gasteiger partial charge is 0.346 e. The fourth-order valence-corrected chi connectivity index (χ4v) is 0.562. The summed E-state index contributed by atoms with van der Waals surface area (Å²) in [6.45, 7) is 3.44. The molecule has 1 aromatic heterocycles. The first-order valence-electron chi connectivity index (χ1n) is 3.04. The van der Waals surface area contributed by atoms with Crippen molar-refractivity contribution in [3.05, 3.63) is 35.4 Å². The van der Waals surface area contributed by atoms with Crippen molar-refractivity contribution in [3.63, 3.8) is 0 Å². The fraction of sp³-hybridized carbons (Fsp3) is 0. The van der Waals surface area contributed by atoms with Gasteiger partial charge in [0.2, 0.25) is 0 Å². The summed E-state index contributed by atoms with van der Waals surface area (Å²) in [4.78, 5) is 20.3. The summed E-state index contributed by atoms with van der Waals surface area (Å²) in [5, 5.41) is 0. The Labute approximate surface area is 63.3 Å². The van der Waals surface area contributed by atoms with Gasteiger partial charge in [-0.1, -0.05) is 12.7 Å². The van der Waals surface area contributed by atoms with Crippen LogP contribution in [0.15, 0.2) is 34.7 Å². The molecule has 1 rings (SSSR count). The minimum Gasteiger partial charge on any atom is -0.313 e. The number of aliphatic imine (C=N–C) groups is 1. The molecule has 0 aromatic carbocycles. The van der Waals surface area contributed by atoms with Crippen molar-refractivity contribution in [2.45, 2.75) is 0 Å². The van der Waals surface area contributed by atoms with Crippen molar-refractivity contribution in [3.8, 4) is 0 Å². The third-order valence-corrected chi connectivity index (χ3v) is 0.968. The van der Waals surface area contributed by atoms with Gasteiger partial charge in [-0.05, 0) is 6.07 Å². The quantitative estimate of drug-likeness (QED) is 0.628. The van der Waals surface area contributed by atoms with E-state index in [1.54, 1.807) is 6.07 Å². The molecule has 0 saturated carbocycles. The molecule has 0 aliphatic carbocycles. The second kappa shape index (κ2) is 3.46. The van der Waals surface area contributed by atoms with Crippen LogP contribution in [-0.4, -0.2) is 16.2 Å². The lowest BCUT2D eigenvalue weighted by Gasteiger charge is -1.86. The number of H-pyrrole nitrogens is 1. The van der Waals surface area contributed by atoms with Gasteiger partial charge < -0.3 is 4.98 Å². The summed E-state index contributed by atoms with van der Waals surface area (Å²) in [5.41, 5.74) is -0.399. The Kier molecular flexibility index (Phi) is 2.32. The third-order valence-electron chi connectivity index (χ3n) is 0.968. The molecule has 56 valence electrons. The molecule has 0 saturated heterocycles. The Morgan fingerprint density at radius 2 is 2.55 bits per heavy atom. The van der Waals surface area contributed by atoms with E-state index in [0.29, 0.717) is 5.82 Å². The normalized spacial score (nSPS) is 10.2. The molecule has 4 nitrogen and oxygen atoms in total. The van der Waals surface area contributed by atoms with Crippen LogP contribution >= 0.6 is 0 Å². The minimum absolute atomic E-state index is 0.383. The average Bonchev–Trinajstić information content (AvgIpc) is 2.01. The van der Waals surface area contributed by atoms with E-state index in [9.17, 15) is 4.79 Å². The molecule has 1 heterocycles. The zero-order valence-electron chi connectivity index (χ0n) is 5.82. The molecule has 11 heavy (non-hydrogen) atoms. The maximum absolute atomic E-state index is 10.6. The van der Waals surface area contributed by atoms with E-state index in [4.69, 9.17) is 0 Å². The average molecular weight is 149 g/mol. The lowest BCUT2D eigenvalue weighted by atomic mass is 10.6. The van der Waals surface area contributed by atoms with E-state index < -0.39 is 5.69 Å². The van der Waals surface area contributed by atoms with Crippen molar-refractivity contribution in [2.24, 2.45) is 4.99 Å². The lowest BCUT2D eigenvalue weighted by Crippen LogP contribution is -2.07. The molecule has 4 heteroatoms. The standard InChI is InChI=1S/C7H7N3O/c1-2-4-8-6-3-5-9-7(11)10-6/h2-5H,1H2,(H,9,10,11). The highest BCUT2D eigenvalue weighted by Gasteiger charge is 1.87. The molecule has 0 atom stereocenters. The zero-order valence-corrected chi connectivity index (χ0v) is 5.82. The van der Waals surface area contributed by atoms with Crippen molar-refractivity contribution in [1.29, 1.82) is 0 Å². The number of aromatic amines is 1. The maximum Gasteiger partial charge on any atom is 0.346 e. The van der Waals surface area contributed by atoms with Crippen LogP contribution in [0.1, 0.15) is 0 Å². The predicted molar refractivity (Wildman–Crippen MR) is 43.2 cm³/mol. The van der Waals surface area contributed by atoms with Gasteiger partial charge in [0, 0.05) is 12.4 Å². The van der Waals surface area contributed by atoms with Crippen LogP contribution in [0.5, 0.6) is 0 Å². The van der Waals surface area contributed by atoms with Gasteiger partial charge in [-0.3, -0.25) is 0 Å². The van der Waals surface area contributed by atoms with Crippen LogP contribution < -0.4 is 5.69 Å². The molecule has 0 aliphatic heterocycles. The zero-order chi connectivity index (χ0) is 8.10. The van der Waals surface area contributed by atoms with E-state index in [2.05, 4.69) is 21.5 Å². The number of allylic oxidation sites excluding steroid dienone is 1. The van der Waals surface area contributed by atoms with Gasteiger partial charge in [0.25, 0.3) is 0 Å². The molecule has 0 spiro atoms. The molecule has 0 unspecified atom stereocenters. The second-order valence-corrected chi connectivity index (χ2v) is 1.77. The van der Waals surface area contributed by atoms with Gasteiger partial charge in [-0.2, -0.15) is 4.98 Å². The fourth-order valence-electron chi connectivity index (χ4n) is 0.562. The monoisotopic (exact) mass is 149 g/mol. The Hall–Kier alpha value is -1.71. The smallest absolute Gasteiger partial charge is 0.313 e. The number of nitrogens with zero attached hydrogens (tertiary/aromatic N) is 2. The maximum atomic E-state index is 10.6. The van der Waals surface area contributed by atoms with Gasteiger partial charge in [0.1, 0.15) is 0 Å². The molecule has 0 bridgehead atoms. The summed E-state index contributed by atoms with van der Waals surface area (Å²) in [6, 6.07) is 1.60. The topological polar surface area (TPSA) is 58.1 Å². The number of rotatable bonds is 2. The Morgan fingerprint density at radius 3 is 3.18 bits per heavy atom. The van der Waals surface area contributed by atoms with Gasteiger partial charge in [0.15, 0.2) is 5.82 Å². The summed E-state index contributed by atoms with van der Waals surface area (Å²) >= 11 is 0. The van der Waals surface area contributed by atoms with E-state index >= 15 is 0 Å². The van der Waals surface area contributed by atoms with E-state index in [1.165, 1.54) is 18.5 Å². The summed E-state index contributed by atoms with van der Waals surface area (Å²) in [6.07, 6.45) is 4.48. The van der Waals surface area contributed by atoms with E-state index in [0.717, 1.165) is 0 Å². The van der Waals surface area contributed by atoms with Crippen molar-refractivity contribution in [1.82, 2.24) is 9.97 Å². The first-order valence-corrected chi connectivity index (χ1v) is 3.04. The number of aromatic nitrogens is 2.